The molecule has 3 heteroatoms. The number of hydrogen-bond acceptors (Lipinski definition) is 2. The van der Waals surface area contributed by atoms with Gasteiger partial charge < -0.3 is 10.6 Å². The Labute approximate surface area is 109 Å². The van der Waals surface area contributed by atoms with Gasteiger partial charge in [0.1, 0.15) is 5.84 Å². The molecule has 1 aromatic rings. The van der Waals surface area contributed by atoms with Crippen molar-refractivity contribution in [1.82, 2.24) is 0 Å². The van der Waals surface area contributed by atoms with Crippen LogP contribution in [0.25, 0.3) is 0 Å². The monoisotopic (exact) mass is 245 g/mol. The lowest BCUT2D eigenvalue weighted by atomic mass is 9.93. The van der Waals surface area contributed by atoms with E-state index in [1.807, 2.05) is 13.0 Å². The van der Waals surface area contributed by atoms with Crippen LogP contribution in [-0.2, 0) is 0 Å². The zero-order valence-corrected chi connectivity index (χ0v) is 11.4. The Balaban J connectivity index is 2.28. The van der Waals surface area contributed by atoms with Crippen LogP contribution in [-0.4, -0.2) is 18.9 Å². The standard InChI is InChI=1S/C15H23N3/c1-11-8-9-14(13(10-11)15(16)17)18(2)12-6-4-3-5-7-12/h8-10,12H,3-7H2,1-2H3,(H3,16,17). The van der Waals surface area contributed by atoms with Crippen molar-refractivity contribution in [1.29, 1.82) is 5.41 Å². The van der Waals surface area contributed by atoms with Crippen molar-refractivity contribution in [3.05, 3.63) is 29.3 Å². The first kappa shape index (κ1) is 12.9. The molecular formula is C15H23N3. The number of amidine groups is 1. The lowest BCUT2D eigenvalue weighted by Gasteiger charge is -2.34. The number of aryl methyl sites for hydroxylation is 1. The molecule has 0 spiro atoms. The number of anilines is 1. The third kappa shape index (κ3) is 2.66. The summed E-state index contributed by atoms with van der Waals surface area (Å²) in [5.41, 5.74) is 8.82. The van der Waals surface area contributed by atoms with E-state index in [9.17, 15) is 0 Å². The molecule has 1 saturated carbocycles. The van der Waals surface area contributed by atoms with Gasteiger partial charge in [-0.1, -0.05) is 30.9 Å². The van der Waals surface area contributed by atoms with Gasteiger partial charge in [0.05, 0.1) is 0 Å². The van der Waals surface area contributed by atoms with Gasteiger partial charge in [-0.25, -0.2) is 0 Å². The van der Waals surface area contributed by atoms with Crippen molar-refractivity contribution >= 4 is 11.5 Å². The number of nitrogens with two attached hydrogens (primary N) is 1. The highest BCUT2D eigenvalue weighted by atomic mass is 15.1. The minimum Gasteiger partial charge on any atom is -0.384 e. The molecule has 0 heterocycles. The normalized spacial score (nSPS) is 16.6. The Morgan fingerprint density at radius 1 is 1.28 bits per heavy atom. The second-order valence-electron chi connectivity index (χ2n) is 5.34. The lowest BCUT2D eigenvalue weighted by molar-refractivity contribution is 0.427. The van der Waals surface area contributed by atoms with Crippen molar-refractivity contribution in [3.8, 4) is 0 Å². The van der Waals surface area contributed by atoms with Gasteiger partial charge in [-0.15, -0.1) is 0 Å². The summed E-state index contributed by atoms with van der Waals surface area (Å²) in [6.07, 6.45) is 6.49. The predicted octanol–water partition coefficient (Wildman–Crippen LogP) is 3.05. The second kappa shape index (κ2) is 5.42. The molecule has 0 atom stereocenters. The summed E-state index contributed by atoms with van der Waals surface area (Å²) in [4.78, 5) is 2.31. The van der Waals surface area contributed by atoms with Crippen LogP contribution in [0.3, 0.4) is 0 Å². The molecule has 0 saturated heterocycles. The Morgan fingerprint density at radius 2 is 1.94 bits per heavy atom. The third-order valence-corrected chi connectivity index (χ3v) is 3.94. The minimum absolute atomic E-state index is 0.163. The topological polar surface area (TPSA) is 53.1 Å². The van der Waals surface area contributed by atoms with Crippen molar-refractivity contribution in [2.24, 2.45) is 5.73 Å². The highest BCUT2D eigenvalue weighted by molar-refractivity contribution is 6.00. The van der Waals surface area contributed by atoms with Crippen LogP contribution in [0.15, 0.2) is 18.2 Å². The van der Waals surface area contributed by atoms with E-state index in [4.69, 9.17) is 11.1 Å². The van der Waals surface area contributed by atoms with Crippen molar-refractivity contribution in [2.45, 2.75) is 45.1 Å². The molecule has 0 aliphatic heterocycles. The number of benzene rings is 1. The van der Waals surface area contributed by atoms with Crippen LogP contribution < -0.4 is 10.6 Å². The van der Waals surface area contributed by atoms with Gasteiger partial charge in [0, 0.05) is 24.3 Å². The van der Waals surface area contributed by atoms with E-state index < -0.39 is 0 Å². The van der Waals surface area contributed by atoms with Crippen molar-refractivity contribution in [3.63, 3.8) is 0 Å². The number of nitrogen functional groups attached to an aromatic ring is 1. The summed E-state index contributed by atoms with van der Waals surface area (Å²) in [7, 11) is 2.13. The van der Waals surface area contributed by atoms with Crippen LogP contribution >= 0.6 is 0 Å². The second-order valence-corrected chi connectivity index (χ2v) is 5.34. The fourth-order valence-corrected chi connectivity index (χ4v) is 2.84. The lowest BCUT2D eigenvalue weighted by Crippen LogP contribution is -2.34. The van der Waals surface area contributed by atoms with Crippen LogP contribution in [0, 0.1) is 12.3 Å². The molecule has 1 aliphatic carbocycles. The smallest absolute Gasteiger partial charge is 0.124 e. The highest BCUT2D eigenvalue weighted by Crippen LogP contribution is 2.28. The van der Waals surface area contributed by atoms with Crippen LogP contribution in [0.2, 0.25) is 0 Å². The van der Waals surface area contributed by atoms with Gasteiger partial charge in [0.25, 0.3) is 0 Å². The number of rotatable bonds is 3. The third-order valence-electron chi connectivity index (χ3n) is 3.94. The molecule has 0 radical (unpaired) electrons. The molecule has 0 aromatic heterocycles. The van der Waals surface area contributed by atoms with Gasteiger partial charge in [0.2, 0.25) is 0 Å². The van der Waals surface area contributed by atoms with E-state index in [-0.39, 0.29) is 5.84 Å². The molecule has 1 aromatic carbocycles. The summed E-state index contributed by atoms with van der Waals surface area (Å²) in [6.45, 7) is 2.04. The van der Waals surface area contributed by atoms with Gasteiger partial charge in [-0.2, -0.15) is 0 Å². The summed E-state index contributed by atoms with van der Waals surface area (Å²) in [5.74, 6) is 0.163. The number of nitrogens with one attached hydrogen (secondary N) is 1. The fraction of sp³-hybridized carbons (Fsp3) is 0.533. The highest BCUT2D eigenvalue weighted by Gasteiger charge is 2.20. The van der Waals surface area contributed by atoms with E-state index in [1.165, 1.54) is 32.1 Å². The minimum atomic E-state index is 0.163. The van der Waals surface area contributed by atoms with Crippen LogP contribution in [0.4, 0.5) is 5.69 Å². The van der Waals surface area contributed by atoms with Gasteiger partial charge in [-0.05, 0) is 31.9 Å². The molecule has 98 valence electrons. The molecule has 18 heavy (non-hydrogen) atoms. The molecule has 3 N–H and O–H groups in total. The Kier molecular flexibility index (Phi) is 3.90. The zero-order chi connectivity index (χ0) is 13.1. The Bertz CT molecular complexity index is 433. The summed E-state index contributed by atoms with van der Waals surface area (Å²) in [6, 6.07) is 6.80. The molecule has 1 fully saturated rings. The van der Waals surface area contributed by atoms with Gasteiger partial charge in [0.15, 0.2) is 0 Å². The maximum absolute atomic E-state index is 7.73. The zero-order valence-electron chi connectivity index (χ0n) is 11.4. The Hall–Kier alpha value is -1.51. The van der Waals surface area contributed by atoms with Crippen LogP contribution in [0.1, 0.15) is 43.2 Å². The summed E-state index contributed by atoms with van der Waals surface area (Å²) in [5, 5.41) is 7.73. The quantitative estimate of drug-likeness (QED) is 0.635. The average molecular weight is 245 g/mol. The first-order valence-electron chi connectivity index (χ1n) is 6.77. The molecule has 3 nitrogen and oxygen atoms in total. The Morgan fingerprint density at radius 3 is 2.56 bits per heavy atom. The molecule has 2 rings (SSSR count). The van der Waals surface area contributed by atoms with E-state index in [2.05, 4.69) is 24.1 Å². The SMILES string of the molecule is Cc1ccc(N(C)C2CCCCC2)c(C(=N)N)c1. The molecular weight excluding hydrogens is 222 g/mol. The van der Waals surface area contributed by atoms with Gasteiger partial charge in [-0.3, -0.25) is 5.41 Å². The van der Waals surface area contributed by atoms with Gasteiger partial charge >= 0.3 is 0 Å². The summed E-state index contributed by atoms with van der Waals surface area (Å²) >= 11 is 0. The van der Waals surface area contributed by atoms with Crippen molar-refractivity contribution < 1.29 is 0 Å². The fourth-order valence-electron chi connectivity index (χ4n) is 2.84. The van der Waals surface area contributed by atoms with E-state index in [0.717, 1.165) is 16.8 Å². The first-order valence-corrected chi connectivity index (χ1v) is 6.77. The average Bonchev–Trinajstić information content (AvgIpc) is 2.39. The van der Waals surface area contributed by atoms with Crippen LogP contribution in [0.5, 0.6) is 0 Å². The molecule has 0 unspecified atom stereocenters. The summed E-state index contributed by atoms with van der Waals surface area (Å²) < 4.78 is 0. The number of nitrogens with zero attached hydrogens (tertiary/aromatic N) is 1. The molecule has 0 amide bonds. The van der Waals surface area contributed by atoms with Crippen molar-refractivity contribution in [2.75, 3.05) is 11.9 Å². The molecule has 0 bridgehead atoms. The maximum Gasteiger partial charge on any atom is 0.124 e. The largest absolute Gasteiger partial charge is 0.384 e. The van der Waals surface area contributed by atoms with E-state index >= 15 is 0 Å². The maximum atomic E-state index is 7.73. The first-order chi connectivity index (χ1) is 8.59. The van der Waals surface area contributed by atoms with E-state index in [0.29, 0.717) is 6.04 Å². The van der Waals surface area contributed by atoms with E-state index in [1.54, 1.807) is 0 Å². The molecule has 1 aliphatic rings. The number of hydrogen-bond donors (Lipinski definition) is 2. The predicted molar refractivity (Wildman–Crippen MR) is 77.5 cm³/mol.